The standard InChI is InChI=1S/C17H14F3N3O6/c1-28-16(25)12-5-11(6-13(7-12)23(26)27)14(24)22-8-10-3-2-4-21-15(10)29-9-17(18,19)20/h2-7H,8-9H2,1H3,(H,22,24). The van der Waals surface area contributed by atoms with E-state index in [4.69, 9.17) is 0 Å². The summed E-state index contributed by atoms with van der Waals surface area (Å²) < 4.78 is 46.1. The molecule has 0 aliphatic heterocycles. The van der Waals surface area contributed by atoms with Crippen molar-refractivity contribution in [1.29, 1.82) is 0 Å². The number of benzene rings is 1. The second-order valence-electron chi connectivity index (χ2n) is 5.57. The maximum Gasteiger partial charge on any atom is 0.422 e. The summed E-state index contributed by atoms with van der Waals surface area (Å²) in [4.78, 5) is 37.9. The molecule has 0 saturated heterocycles. The summed E-state index contributed by atoms with van der Waals surface area (Å²) in [6.07, 6.45) is -3.34. The number of hydrogen-bond donors (Lipinski definition) is 1. The molecule has 0 atom stereocenters. The Balaban J connectivity index is 2.18. The summed E-state index contributed by atoms with van der Waals surface area (Å²) in [5.74, 6) is -2.00. The molecule has 29 heavy (non-hydrogen) atoms. The van der Waals surface area contributed by atoms with E-state index in [2.05, 4.69) is 19.8 Å². The Morgan fingerprint density at radius 1 is 1.24 bits per heavy atom. The van der Waals surface area contributed by atoms with Crippen LogP contribution in [-0.4, -0.2) is 41.7 Å². The van der Waals surface area contributed by atoms with Crippen molar-refractivity contribution in [2.24, 2.45) is 0 Å². The molecule has 154 valence electrons. The number of ether oxygens (including phenoxy) is 2. The first-order valence-corrected chi connectivity index (χ1v) is 7.90. The summed E-state index contributed by atoms with van der Waals surface area (Å²) in [6.45, 7) is -1.82. The molecule has 1 N–H and O–H groups in total. The van der Waals surface area contributed by atoms with Gasteiger partial charge in [-0.05, 0) is 12.1 Å². The molecule has 0 saturated carbocycles. The zero-order valence-electron chi connectivity index (χ0n) is 14.9. The van der Waals surface area contributed by atoms with Gasteiger partial charge in [-0.3, -0.25) is 14.9 Å². The summed E-state index contributed by atoms with van der Waals surface area (Å²) in [6, 6.07) is 5.83. The van der Waals surface area contributed by atoms with Crippen LogP contribution in [0.25, 0.3) is 0 Å². The molecular weight excluding hydrogens is 399 g/mol. The van der Waals surface area contributed by atoms with Gasteiger partial charge in [0, 0.05) is 36.0 Å². The minimum Gasteiger partial charge on any atom is -0.468 e. The van der Waals surface area contributed by atoms with Gasteiger partial charge in [-0.15, -0.1) is 0 Å². The number of non-ortho nitro benzene ring substituents is 1. The van der Waals surface area contributed by atoms with Gasteiger partial charge < -0.3 is 14.8 Å². The molecule has 1 amide bonds. The number of pyridine rings is 1. The third-order valence-electron chi connectivity index (χ3n) is 3.47. The lowest BCUT2D eigenvalue weighted by Gasteiger charge is -2.12. The highest BCUT2D eigenvalue weighted by molar-refractivity contribution is 5.98. The number of hydrogen-bond acceptors (Lipinski definition) is 7. The van der Waals surface area contributed by atoms with Gasteiger partial charge in [-0.25, -0.2) is 9.78 Å². The molecule has 0 unspecified atom stereocenters. The largest absolute Gasteiger partial charge is 0.468 e. The monoisotopic (exact) mass is 413 g/mol. The molecule has 0 fully saturated rings. The third-order valence-corrected chi connectivity index (χ3v) is 3.47. The molecule has 2 aromatic rings. The van der Waals surface area contributed by atoms with Crippen molar-refractivity contribution in [2.45, 2.75) is 12.7 Å². The van der Waals surface area contributed by atoms with Gasteiger partial charge in [0.2, 0.25) is 5.88 Å². The third kappa shape index (κ3) is 6.16. The van der Waals surface area contributed by atoms with Crippen molar-refractivity contribution < 1.29 is 37.2 Å². The fraction of sp³-hybridized carbons (Fsp3) is 0.235. The topological polar surface area (TPSA) is 121 Å². The van der Waals surface area contributed by atoms with E-state index in [0.29, 0.717) is 0 Å². The van der Waals surface area contributed by atoms with E-state index >= 15 is 0 Å². The smallest absolute Gasteiger partial charge is 0.422 e. The van der Waals surface area contributed by atoms with Gasteiger partial charge in [0.1, 0.15) is 0 Å². The number of aromatic nitrogens is 1. The number of nitrogens with one attached hydrogen (secondary N) is 1. The molecule has 9 nitrogen and oxygen atoms in total. The number of rotatable bonds is 7. The fourth-order valence-electron chi connectivity index (χ4n) is 2.20. The molecule has 1 aromatic carbocycles. The van der Waals surface area contributed by atoms with E-state index in [1.807, 2.05) is 0 Å². The van der Waals surface area contributed by atoms with E-state index in [1.165, 1.54) is 18.3 Å². The van der Waals surface area contributed by atoms with Gasteiger partial charge in [-0.1, -0.05) is 6.07 Å². The first-order chi connectivity index (χ1) is 13.6. The number of nitro groups is 1. The zero-order valence-corrected chi connectivity index (χ0v) is 14.9. The van der Waals surface area contributed by atoms with E-state index in [0.717, 1.165) is 25.3 Å². The number of carbonyl (C=O) groups is 2. The normalized spacial score (nSPS) is 10.9. The SMILES string of the molecule is COC(=O)c1cc(C(=O)NCc2cccnc2OCC(F)(F)F)cc([N+](=O)[O-])c1. The first kappa shape index (κ1) is 21.6. The van der Waals surface area contributed by atoms with Crippen LogP contribution in [0.1, 0.15) is 26.3 Å². The second-order valence-corrected chi connectivity index (χ2v) is 5.57. The highest BCUT2D eigenvalue weighted by Crippen LogP contribution is 2.21. The van der Waals surface area contributed by atoms with Crippen LogP contribution in [0.2, 0.25) is 0 Å². The van der Waals surface area contributed by atoms with Crippen molar-refractivity contribution in [3.8, 4) is 5.88 Å². The number of alkyl halides is 3. The average molecular weight is 413 g/mol. The van der Waals surface area contributed by atoms with Crippen LogP contribution < -0.4 is 10.1 Å². The molecule has 0 aliphatic carbocycles. The first-order valence-electron chi connectivity index (χ1n) is 7.90. The van der Waals surface area contributed by atoms with Crippen molar-refractivity contribution >= 4 is 17.6 Å². The number of nitro benzene ring substituents is 1. The summed E-state index contributed by atoms with van der Waals surface area (Å²) >= 11 is 0. The van der Waals surface area contributed by atoms with E-state index in [1.54, 1.807) is 0 Å². The molecule has 12 heteroatoms. The van der Waals surface area contributed by atoms with Gasteiger partial charge in [-0.2, -0.15) is 13.2 Å². The Bertz CT molecular complexity index is 933. The van der Waals surface area contributed by atoms with Crippen LogP contribution in [0.15, 0.2) is 36.5 Å². The van der Waals surface area contributed by atoms with Crippen LogP contribution in [0.5, 0.6) is 5.88 Å². The average Bonchev–Trinajstić information content (AvgIpc) is 2.69. The Kier molecular flexibility index (Phi) is 6.70. The predicted molar refractivity (Wildman–Crippen MR) is 91.4 cm³/mol. The number of nitrogens with zero attached hydrogens (tertiary/aromatic N) is 2. The lowest BCUT2D eigenvalue weighted by atomic mass is 10.1. The number of methoxy groups -OCH3 is 1. The molecule has 2 rings (SSSR count). The van der Waals surface area contributed by atoms with Crippen LogP contribution in [-0.2, 0) is 11.3 Å². The molecule has 0 bridgehead atoms. The fourth-order valence-corrected chi connectivity index (χ4v) is 2.20. The molecule has 0 aliphatic rings. The summed E-state index contributed by atoms with van der Waals surface area (Å²) in [5.41, 5.74) is -0.763. The zero-order chi connectivity index (χ0) is 21.6. The van der Waals surface area contributed by atoms with Crippen molar-refractivity contribution in [1.82, 2.24) is 10.3 Å². The maximum absolute atomic E-state index is 12.4. The van der Waals surface area contributed by atoms with Crippen LogP contribution >= 0.6 is 0 Å². The van der Waals surface area contributed by atoms with Crippen LogP contribution in [0.4, 0.5) is 18.9 Å². The molecule has 0 radical (unpaired) electrons. The minimum atomic E-state index is -4.56. The summed E-state index contributed by atoms with van der Waals surface area (Å²) in [7, 11) is 1.08. The highest BCUT2D eigenvalue weighted by atomic mass is 19.4. The van der Waals surface area contributed by atoms with Crippen LogP contribution in [0, 0.1) is 10.1 Å². The molecule has 1 aromatic heterocycles. The summed E-state index contributed by atoms with van der Waals surface area (Å²) in [5, 5.41) is 13.4. The Morgan fingerprint density at radius 2 is 1.93 bits per heavy atom. The minimum absolute atomic E-state index is 0.156. The van der Waals surface area contributed by atoms with Crippen molar-refractivity contribution in [3.63, 3.8) is 0 Å². The number of carbonyl (C=O) groups excluding carboxylic acids is 2. The van der Waals surface area contributed by atoms with Gasteiger partial charge in [0.25, 0.3) is 11.6 Å². The van der Waals surface area contributed by atoms with Gasteiger partial charge in [0.15, 0.2) is 6.61 Å². The van der Waals surface area contributed by atoms with Crippen molar-refractivity contribution in [2.75, 3.05) is 13.7 Å². The van der Waals surface area contributed by atoms with Gasteiger partial charge in [0.05, 0.1) is 17.6 Å². The van der Waals surface area contributed by atoms with Crippen molar-refractivity contribution in [3.05, 3.63) is 63.3 Å². The van der Waals surface area contributed by atoms with E-state index in [9.17, 15) is 32.9 Å². The number of esters is 1. The number of amides is 1. The lowest BCUT2D eigenvalue weighted by Crippen LogP contribution is -2.25. The Hall–Kier alpha value is -3.70. The predicted octanol–water partition coefficient (Wildman–Crippen LogP) is 2.65. The number of halogens is 3. The lowest BCUT2D eigenvalue weighted by molar-refractivity contribution is -0.384. The van der Waals surface area contributed by atoms with E-state index in [-0.39, 0.29) is 29.1 Å². The van der Waals surface area contributed by atoms with Gasteiger partial charge >= 0.3 is 12.1 Å². The highest BCUT2D eigenvalue weighted by Gasteiger charge is 2.29. The van der Waals surface area contributed by atoms with E-state index < -0.39 is 35.3 Å². The molecular formula is C17H14F3N3O6. The quantitative estimate of drug-likeness (QED) is 0.421. The van der Waals surface area contributed by atoms with Crippen LogP contribution in [0.3, 0.4) is 0 Å². The molecule has 1 heterocycles. The second kappa shape index (κ2) is 8.99. The molecule has 0 spiro atoms. The Morgan fingerprint density at radius 3 is 2.55 bits per heavy atom. The Labute approximate surface area is 161 Å². The maximum atomic E-state index is 12.4.